The van der Waals surface area contributed by atoms with Gasteiger partial charge in [-0.3, -0.25) is 39.2 Å². The largest absolute Gasteiger partial charge is 0.494 e. The summed E-state index contributed by atoms with van der Waals surface area (Å²) >= 11 is 0. The molecule has 6 aromatic rings. The summed E-state index contributed by atoms with van der Waals surface area (Å²) < 4.78 is 18.6. The van der Waals surface area contributed by atoms with Crippen molar-refractivity contribution < 1.29 is 28.7 Å². The molecule has 58 heavy (non-hydrogen) atoms. The SMILES string of the molecule is CCn1nc(C)cc1C(=O)Nc1nc2cc(C(N)=O)cc(OC)c2n1C/C=C/Cn1c(NC(=O)c2cc(C)nn2C)nc2cc(C(N)=O)cc(OCCC3CNC3)c21. The Morgan fingerprint density at radius 2 is 1.34 bits per heavy atom. The van der Waals surface area contributed by atoms with Crippen molar-refractivity contribution in [2.75, 3.05) is 37.4 Å². The van der Waals surface area contributed by atoms with Gasteiger partial charge in [-0.05, 0) is 82.6 Å². The number of fused-ring (bicyclic) bond motifs is 2. The third-order valence-corrected chi connectivity index (χ3v) is 9.91. The van der Waals surface area contributed by atoms with E-state index in [0.717, 1.165) is 19.5 Å². The lowest BCUT2D eigenvalue weighted by Gasteiger charge is -2.26. The molecule has 1 aliphatic heterocycles. The molecule has 1 fully saturated rings. The summed E-state index contributed by atoms with van der Waals surface area (Å²) in [5, 5.41) is 17.8. The van der Waals surface area contributed by atoms with E-state index in [1.165, 1.54) is 23.9 Å². The van der Waals surface area contributed by atoms with E-state index in [4.69, 9.17) is 25.9 Å². The average Bonchev–Trinajstić information content (AvgIpc) is 3.92. The number of anilines is 2. The zero-order chi connectivity index (χ0) is 41.2. The van der Waals surface area contributed by atoms with Crippen LogP contribution in [0.4, 0.5) is 11.9 Å². The van der Waals surface area contributed by atoms with E-state index in [2.05, 4.69) is 31.1 Å². The topological polar surface area (TPSA) is 246 Å². The highest BCUT2D eigenvalue weighted by Crippen LogP contribution is 2.33. The summed E-state index contributed by atoms with van der Waals surface area (Å²) in [5.41, 5.74) is 15.6. The molecule has 0 radical (unpaired) electrons. The number of benzene rings is 2. The van der Waals surface area contributed by atoms with Gasteiger partial charge in [-0.25, -0.2) is 9.97 Å². The van der Waals surface area contributed by atoms with Crippen molar-refractivity contribution >= 4 is 57.6 Å². The van der Waals surface area contributed by atoms with Crippen LogP contribution in [0.15, 0.2) is 48.6 Å². The zero-order valence-electron chi connectivity index (χ0n) is 32.8. The molecule has 0 spiro atoms. The predicted octanol–water partition coefficient (Wildman–Crippen LogP) is 2.91. The van der Waals surface area contributed by atoms with E-state index in [9.17, 15) is 19.2 Å². The first-order chi connectivity index (χ1) is 27.8. The minimum atomic E-state index is -0.664. The standard InChI is InChI=1S/C39H45N13O6/c1-6-52-29(14-22(3)48-52)37(56)46-39-43-26-15-24(34(40)53)17-30(57-5)32(26)50(39)10-7-8-11-51-33-27(44-38(51)45-36(55)28-13-21(2)47-49(28)4)16-25(35(41)54)18-31(33)58-12-9-23-19-42-20-23/h7-8,13-18,23,42H,6,9-12,19-20H2,1-5H3,(H2,40,53)(H2,41,54)(H,43,46,56)(H,44,45,55)/b8-7+. The highest BCUT2D eigenvalue weighted by atomic mass is 16.5. The zero-order valence-corrected chi connectivity index (χ0v) is 32.8. The Morgan fingerprint density at radius 3 is 1.84 bits per heavy atom. The van der Waals surface area contributed by atoms with E-state index in [-0.39, 0.29) is 36.1 Å². The molecule has 0 unspecified atom stereocenters. The second-order valence-electron chi connectivity index (χ2n) is 14.0. The summed E-state index contributed by atoms with van der Waals surface area (Å²) in [6.07, 6.45) is 4.51. The van der Waals surface area contributed by atoms with E-state index < -0.39 is 23.6 Å². The molecule has 2 aromatic carbocycles. The molecule has 0 atom stereocenters. The van der Waals surface area contributed by atoms with Crippen LogP contribution in [0.2, 0.25) is 0 Å². The number of carbonyl (C=O) groups is 4. The molecular weight excluding hydrogens is 747 g/mol. The van der Waals surface area contributed by atoms with Crippen molar-refractivity contribution in [1.82, 2.24) is 44.0 Å². The maximum absolute atomic E-state index is 13.6. The predicted molar refractivity (Wildman–Crippen MR) is 215 cm³/mol. The number of nitrogens with zero attached hydrogens (tertiary/aromatic N) is 8. The average molecular weight is 792 g/mol. The third kappa shape index (κ3) is 7.83. The minimum Gasteiger partial charge on any atom is -0.494 e. The number of ether oxygens (including phenoxy) is 2. The van der Waals surface area contributed by atoms with E-state index in [1.807, 2.05) is 19.1 Å². The lowest BCUT2D eigenvalue weighted by molar-refractivity contribution is 0.0991. The molecule has 302 valence electrons. The van der Waals surface area contributed by atoms with E-state index in [1.54, 1.807) is 59.0 Å². The fourth-order valence-corrected chi connectivity index (χ4v) is 6.93. The molecular formula is C39H45N13O6. The van der Waals surface area contributed by atoms with Crippen molar-refractivity contribution in [3.8, 4) is 11.5 Å². The molecule has 19 nitrogen and oxygen atoms in total. The number of rotatable bonds is 16. The maximum Gasteiger partial charge on any atom is 0.276 e. The van der Waals surface area contributed by atoms with Gasteiger partial charge in [-0.2, -0.15) is 10.2 Å². The number of primary amides is 2. The number of aryl methyl sites for hydroxylation is 4. The Morgan fingerprint density at radius 1 is 0.810 bits per heavy atom. The number of imidazole rings is 2. The number of allylic oxidation sites excluding steroid dienone is 2. The summed E-state index contributed by atoms with van der Waals surface area (Å²) in [6.45, 7) is 8.53. The van der Waals surface area contributed by atoms with Crippen LogP contribution in [0.3, 0.4) is 0 Å². The molecule has 7 rings (SSSR count). The first-order valence-electron chi connectivity index (χ1n) is 18.7. The van der Waals surface area contributed by atoms with Crippen molar-refractivity contribution in [1.29, 1.82) is 0 Å². The Kier molecular flexibility index (Phi) is 11.0. The van der Waals surface area contributed by atoms with Gasteiger partial charge in [0.2, 0.25) is 23.7 Å². The Labute approximate surface area is 332 Å². The fourth-order valence-electron chi connectivity index (χ4n) is 6.93. The van der Waals surface area contributed by atoms with Crippen LogP contribution in [0.25, 0.3) is 22.1 Å². The smallest absolute Gasteiger partial charge is 0.276 e. The van der Waals surface area contributed by atoms with Gasteiger partial charge in [-0.15, -0.1) is 0 Å². The van der Waals surface area contributed by atoms with Crippen molar-refractivity contribution in [2.45, 2.75) is 46.8 Å². The Hall–Kier alpha value is -7.02. The summed E-state index contributed by atoms with van der Waals surface area (Å²) in [7, 11) is 3.14. The van der Waals surface area contributed by atoms with Crippen LogP contribution >= 0.6 is 0 Å². The molecule has 0 saturated carbocycles. The van der Waals surface area contributed by atoms with Crippen molar-refractivity contribution in [3.63, 3.8) is 0 Å². The molecule has 0 aliphatic carbocycles. The monoisotopic (exact) mass is 791 g/mol. The van der Waals surface area contributed by atoms with Crippen LogP contribution in [-0.2, 0) is 26.7 Å². The molecule has 1 saturated heterocycles. The molecule has 4 aromatic heterocycles. The Balaban J connectivity index is 1.26. The first kappa shape index (κ1) is 39.2. The highest BCUT2D eigenvalue weighted by molar-refractivity contribution is 6.05. The lowest BCUT2D eigenvalue weighted by atomic mass is 10.0. The van der Waals surface area contributed by atoms with Gasteiger partial charge in [-0.1, -0.05) is 12.2 Å². The first-order valence-corrected chi connectivity index (χ1v) is 18.7. The second-order valence-corrected chi connectivity index (χ2v) is 14.0. The number of aromatic nitrogens is 8. The number of hydrogen-bond acceptors (Lipinski definition) is 11. The van der Waals surface area contributed by atoms with Gasteiger partial charge < -0.3 is 35.4 Å². The molecule has 4 amide bonds. The number of amides is 4. The van der Waals surface area contributed by atoms with Crippen molar-refractivity contribution in [2.24, 2.45) is 24.4 Å². The molecule has 19 heteroatoms. The number of carbonyl (C=O) groups excluding carboxylic acids is 4. The van der Waals surface area contributed by atoms with Crippen LogP contribution in [0.5, 0.6) is 11.5 Å². The highest BCUT2D eigenvalue weighted by Gasteiger charge is 2.24. The van der Waals surface area contributed by atoms with E-state index in [0.29, 0.717) is 75.4 Å². The van der Waals surface area contributed by atoms with Gasteiger partial charge in [0.15, 0.2) is 0 Å². The maximum atomic E-state index is 13.6. The van der Waals surface area contributed by atoms with Crippen LogP contribution < -0.4 is 36.9 Å². The van der Waals surface area contributed by atoms with Gasteiger partial charge in [0.25, 0.3) is 11.8 Å². The van der Waals surface area contributed by atoms with Gasteiger partial charge in [0, 0.05) is 37.8 Å². The minimum absolute atomic E-state index is 0.178. The van der Waals surface area contributed by atoms with Crippen LogP contribution in [-0.4, -0.2) is 89.1 Å². The van der Waals surface area contributed by atoms with E-state index >= 15 is 0 Å². The Bertz CT molecular complexity index is 2610. The fraction of sp³-hybridized carbons (Fsp3) is 0.333. The summed E-state index contributed by atoms with van der Waals surface area (Å²) in [4.78, 5) is 61.2. The second kappa shape index (κ2) is 16.2. The van der Waals surface area contributed by atoms with Crippen LogP contribution in [0, 0.1) is 19.8 Å². The normalized spacial score (nSPS) is 13.0. The number of hydrogen-bond donors (Lipinski definition) is 5. The molecule has 0 bridgehead atoms. The number of nitrogens with two attached hydrogens (primary N) is 2. The summed E-state index contributed by atoms with van der Waals surface area (Å²) in [5.74, 6) is -0.605. The molecule has 1 aliphatic rings. The van der Waals surface area contributed by atoms with Crippen molar-refractivity contribution in [3.05, 3.63) is 82.5 Å². The third-order valence-electron chi connectivity index (χ3n) is 9.91. The lowest BCUT2D eigenvalue weighted by Crippen LogP contribution is -2.42. The summed E-state index contributed by atoms with van der Waals surface area (Å²) in [6, 6.07) is 9.57. The van der Waals surface area contributed by atoms with Gasteiger partial charge in [0.05, 0.1) is 36.1 Å². The molecule has 7 N–H and O–H groups in total. The number of nitrogens with one attached hydrogen (secondary N) is 3. The number of methoxy groups -OCH3 is 1. The quantitative estimate of drug-likeness (QED) is 0.0892. The van der Waals surface area contributed by atoms with Crippen LogP contribution in [0.1, 0.15) is 66.4 Å². The van der Waals surface area contributed by atoms with Gasteiger partial charge >= 0.3 is 0 Å². The molecule has 5 heterocycles. The van der Waals surface area contributed by atoms with Gasteiger partial charge in [0.1, 0.15) is 33.9 Å².